The molecule has 2 amide bonds. The number of primary amides is 1. The molecule has 5 nitrogen and oxygen atoms in total. The summed E-state index contributed by atoms with van der Waals surface area (Å²) in [5, 5.41) is 2.58. The van der Waals surface area contributed by atoms with Crippen molar-refractivity contribution in [3.05, 3.63) is 34.5 Å². The number of hydrogen-bond acceptors (Lipinski definition) is 4. The van der Waals surface area contributed by atoms with Crippen molar-refractivity contribution in [2.24, 2.45) is 5.73 Å². The van der Waals surface area contributed by atoms with E-state index in [9.17, 15) is 9.59 Å². The molecule has 0 atom stereocenters. The summed E-state index contributed by atoms with van der Waals surface area (Å²) in [7, 11) is 0. The lowest BCUT2D eigenvalue weighted by Gasteiger charge is -2.05. The quantitative estimate of drug-likeness (QED) is 0.657. The van der Waals surface area contributed by atoms with Gasteiger partial charge in [-0.3, -0.25) is 4.79 Å². The van der Waals surface area contributed by atoms with Gasteiger partial charge in [0.15, 0.2) is 5.09 Å². The zero-order chi connectivity index (χ0) is 11.7. The van der Waals surface area contributed by atoms with Crippen molar-refractivity contribution in [2.45, 2.75) is 5.09 Å². The summed E-state index contributed by atoms with van der Waals surface area (Å²) >= 11 is 3.98. The SMILES string of the molecule is NC(=O)Nc1c(S)oc2ccccc2c1=O. The topological polar surface area (TPSA) is 85.3 Å². The van der Waals surface area contributed by atoms with E-state index in [-0.39, 0.29) is 16.2 Å². The van der Waals surface area contributed by atoms with E-state index in [1.54, 1.807) is 24.3 Å². The number of benzene rings is 1. The van der Waals surface area contributed by atoms with Crippen LogP contribution in [0.4, 0.5) is 10.5 Å². The van der Waals surface area contributed by atoms with E-state index in [2.05, 4.69) is 17.9 Å². The number of fused-ring (bicyclic) bond motifs is 1. The Bertz CT molecular complexity index is 621. The number of carbonyl (C=O) groups excluding carboxylic acids is 1. The Hall–Kier alpha value is -1.95. The van der Waals surface area contributed by atoms with Crippen molar-refractivity contribution in [1.29, 1.82) is 0 Å². The molecule has 2 rings (SSSR count). The number of rotatable bonds is 1. The number of hydrogen-bond donors (Lipinski definition) is 3. The third-order valence-electron chi connectivity index (χ3n) is 2.03. The Morgan fingerprint density at radius 1 is 1.38 bits per heavy atom. The minimum Gasteiger partial charge on any atom is -0.448 e. The van der Waals surface area contributed by atoms with Gasteiger partial charge in [0.2, 0.25) is 5.43 Å². The normalized spacial score (nSPS) is 10.3. The second kappa shape index (κ2) is 3.90. The Labute approximate surface area is 95.7 Å². The summed E-state index contributed by atoms with van der Waals surface area (Å²) in [4.78, 5) is 22.6. The fourth-order valence-corrected chi connectivity index (χ4v) is 1.62. The lowest BCUT2D eigenvalue weighted by molar-refractivity contribution is 0.259. The van der Waals surface area contributed by atoms with Crippen molar-refractivity contribution < 1.29 is 9.21 Å². The number of anilines is 1. The number of thiol groups is 1. The van der Waals surface area contributed by atoms with Gasteiger partial charge in [-0.1, -0.05) is 12.1 Å². The van der Waals surface area contributed by atoms with E-state index in [1.165, 1.54) is 0 Å². The second-order valence-corrected chi connectivity index (χ2v) is 3.50. The molecule has 3 N–H and O–H groups in total. The van der Waals surface area contributed by atoms with Crippen LogP contribution in [0.5, 0.6) is 0 Å². The Morgan fingerprint density at radius 2 is 2.06 bits per heavy atom. The second-order valence-electron chi connectivity index (χ2n) is 3.10. The lowest BCUT2D eigenvalue weighted by Crippen LogP contribution is -2.24. The largest absolute Gasteiger partial charge is 0.448 e. The van der Waals surface area contributed by atoms with Crippen molar-refractivity contribution >= 4 is 35.3 Å². The molecule has 0 saturated heterocycles. The molecule has 2 aromatic rings. The molecular weight excluding hydrogens is 228 g/mol. The highest BCUT2D eigenvalue weighted by Crippen LogP contribution is 2.21. The summed E-state index contributed by atoms with van der Waals surface area (Å²) in [5.74, 6) is 0. The maximum atomic E-state index is 11.9. The van der Waals surface area contributed by atoms with Crippen LogP contribution in [-0.4, -0.2) is 6.03 Å². The van der Waals surface area contributed by atoms with Gasteiger partial charge in [-0.05, 0) is 12.1 Å². The molecule has 0 radical (unpaired) electrons. The van der Waals surface area contributed by atoms with Crippen LogP contribution in [-0.2, 0) is 0 Å². The van der Waals surface area contributed by atoms with E-state index in [1.807, 2.05) is 0 Å². The van der Waals surface area contributed by atoms with Gasteiger partial charge in [0.1, 0.15) is 11.3 Å². The predicted molar refractivity (Wildman–Crippen MR) is 62.9 cm³/mol. The third kappa shape index (κ3) is 1.74. The highest BCUT2D eigenvalue weighted by Gasteiger charge is 2.12. The van der Waals surface area contributed by atoms with Crippen molar-refractivity contribution in [1.82, 2.24) is 0 Å². The van der Waals surface area contributed by atoms with E-state index < -0.39 is 6.03 Å². The van der Waals surface area contributed by atoms with Gasteiger partial charge in [0.05, 0.1) is 5.39 Å². The smallest absolute Gasteiger partial charge is 0.316 e. The highest BCUT2D eigenvalue weighted by atomic mass is 32.1. The van der Waals surface area contributed by atoms with Crippen LogP contribution in [0, 0.1) is 0 Å². The molecule has 0 spiro atoms. The molecule has 0 aliphatic rings. The van der Waals surface area contributed by atoms with Crippen LogP contribution in [0.2, 0.25) is 0 Å². The van der Waals surface area contributed by atoms with E-state index >= 15 is 0 Å². The molecule has 0 bridgehead atoms. The number of carbonyl (C=O) groups is 1. The zero-order valence-corrected chi connectivity index (χ0v) is 8.95. The van der Waals surface area contributed by atoms with Crippen molar-refractivity contribution in [2.75, 3.05) is 5.32 Å². The third-order valence-corrected chi connectivity index (χ3v) is 2.34. The predicted octanol–water partition coefficient (Wildman–Crippen LogP) is 1.57. The number of para-hydroxylation sites is 1. The molecule has 16 heavy (non-hydrogen) atoms. The highest BCUT2D eigenvalue weighted by molar-refractivity contribution is 7.80. The summed E-state index contributed by atoms with van der Waals surface area (Å²) in [5.41, 5.74) is 4.94. The first kappa shape index (κ1) is 10.6. The Kier molecular flexibility index (Phi) is 2.57. The van der Waals surface area contributed by atoms with Crippen LogP contribution >= 0.6 is 12.6 Å². The summed E-state index contributed by atoms with van der Waals surface area (Å²) < 4.78 is 5.27. The number of nitrogens with two attached hydrogens (primary N) is 1. The first-order valence-corrected chi connectivity index (χ1v) is 4.85. The fourth-order valence-electron chi connectivity index (χ4n) is 1.36. The molecular formula is C10H8N2O3S. The molecule has 1 aromatic heterocycles. The Morgan fingerprint density at radius 3 is 2.75 bits per heavy atom. The monoisotopic (exact) mass is 236 g/mol. The molecule has 0 unspecified atom stereocenters. The molecule has 0 fully saturated rings. The van der Waals surface area contributed by atoms with Gasteiger partial charge in [0.25, 0.3) is 0 Å². The van der Waals surface area contributed by atoms with E-state index in [0.29, 0.717) is 11.0 Å². The van der Waals surface area contributed by atoms with Crippen LogP contribution in [0.3, 0.4) is 0 Å². The van der Waals surface area contributed by atoms with Crippen LogP contribution in [0.1, 0.15) is 0 Å². The van der Waals surface area contributed by atoms with Crippen LogP contribution in [0.15, 0.2) is 38.6 Å². The number of amides is 2. The van der Waals surface area contributed by atoms with Gasteiger partial charge < -0.3 is 15.5 Å². The molecule has 82 valence electrons. The molecule has 6 heteroatoms. The van der Waals surface area contributed by atoms with Gasteiger partial charge in [0, 0.05) is 0 Å². The number of urea groups is 1. The zero-order valence-electron chi connectivity index (χ0n) is 8.06. The maximum absolute atomic E-state index is 11.9. The average molecular weight is 236 g/mol. The van der Waals surface area contributed by atoms with Gasteiger partial charge in [-0.2, -0.15) is 0 Å². The summed E-state index contributed by atoms with van der Waals surface area (Å²) in [6.45, 7) is 0. The van der Waals surface area contributed by atoms with Gasteiger partial charge in [-0.25, -0.2) is 4.79 Å². The fraction of sp³-hybridized carbons (Fsp3) is 0. The Balaban J connectivity index is 2.76. The van der Waals surface area contributed by atoms with Gasteiger partial charge in [-0.15, -0.1) is 12.6 Å². The standard InChI is InChI=1S/C10H8N2O3S/c11-10(14)12-7-8(13)5-3-1-2-4-6(5)15-9(7)16/h1-4,16H,(H3,11,12,14). The molecule has 0 aliphatic heterocycles. The van der Waals surface area contributed by atoms with E-state index in [0.717, 1.165) is 0 Å². The first-order valence-electron chi connectivity index (χ1n) is 4.41. The van der Waals surface area contributed by atoms with Crippen molar-refractivity contribution in [3.63, 3.8) is 0 Å². The lowest BCUT2D eigenvalue weighted by atomic mass is 10.2. The molecule has 0 aliphatic carbocycles. The summed E-state index contributed by atoms with van der Waals surface area (Å²) in [6.07, 6.45) is 0. The first-order chi connectivity index (χ1) is 7.59. The molecule has 0 saturated carbocycles. The van der Waals surface area contributed by atoms with Gasteiger partial charge >= 0.3 is 6.03 Å². The molecule has 1 aromatic carbocycles. The minimum absolute atomic E-state index is 0.0301. The van der Waals surface area contributed by atoms with Crippen LogP contribution < -0.4 is 16.5 Å². The van der Waals surface area contributed by atoms with E-state index in [4.69, 9.17) is 10.2 Å². The average Bonchev–Trinajstić information content (AvgIpc) is 2.24. The maximum Gasteiger partial charge on any atom is 0.316 e. The number of nitrogens with one attached hydrogen (secondary N) is 1. The summed E-state index contributed by atoms with van der Waals surface area (Å²) in [6, 6.07) is 5.84. The van der Waals surface area contributed by atoms with Crippen LogP contribution in [0.25, 0.3) is 11.0 Å². The molecule has 1 heterocycles. The van der Waals surface area contributed by atoms with Crippen molar-refractivity contribution in [3.8, 4) is 0 Å². The minimum atomic E-state index is -0.835.